The van der Waals surface area contributed by atoms with Gasteiger partial charge in [-0.15, -0.1) is 0 Å². The molecule has 1 rings (SSSR count). The molecule has 1 fully saturated rings. The number of rotatable bonds is 9. The van der Waals surface area contributed by atoms with Crippen LogP contribution in [-0.4, -0.2) is 48.2 Å². The number of nitrogens with one attached hydrogen (secondary N) is 1. The van der Waals surface area contributed by atoms with Crippen molar-refractivity contribution in [3.63, 3.8) is 0 Å². The number of hydrogen-bond acceptors (Lipinski definition) is 3. The lowest BCUT2D eigenvalue weighted by atomic mass is 9.89. The number of aliphatic carboxylic acids is 1. The van der Waals surface area contributed by atoms with Crippen molar-refractivity contribution in [1.29, 1.82) is 0 Å². The van der Waals surface area contributed by atoms with E-state index in [-0.39, 0.29) is 6.42 Å². The quantitative estimate of drug-likeness (QED) is 0.675. The number of nitrogens with zero attached hydrogens (tertiary/aromatic N) is 1. The van der Waals surface area contributed by atoms with E-state index in [1.54, 1.807) is 0 Å². The van der Waals surface area contributed by atoms with Gasteiger partial charge in [-0.05, 0) is 31.7 Å². The Morgan fingerprint density at radius 2 is 2.11 bits per heavy atom. The molecular formula is C15H30N2O2. The van der Waals surface area contributed by atoms with Crippen molar-refractivity contribution in [1.82, 2.24) is 10.2 Å². The predicted molar refractivity (Wildman–Crippen MR) is 78.4 cm³/mol. The fraction of sp³-hybridized carbons (Fsp3) is 0.933. The van der Waals surface area contributed by atoms with E-state index >= 15 is 0 Å². The van der Waals surface area contributed by atoms with Gasteiger partial charge >= 0.3 is 5.97 Å². The van der Waals surface area contributed by atoms with Gasteiger partial charge in [0.15, 0.2) is 0 Å². The number of hydrogen-bond donors (Lipinski definition) is 2. The van der Waals surface area contributed by atoms with Gasteiger partial charge in [-0.3, -0.25) is 4.79 Å². The van der Waals surface area contributed by atoms with Crippen molar-refractivity contribution in [3.8, 4) is 0 Å². The van der Waals surface area contributed by atoms with Gasteiger partial charge in [0.25, 0.3) is 0 Å². The summed E-state index contributed by atoms with van der Waals surface area (Å²) in [4.78, 5) is 13.0. The average molecular weight is 270 g/mol. The van der Waals surface area contributed by atoms with Gasteiger partial charge in [-0.2, -0.15) is 0 Å². The predicted octanol–water partition coefficient (Wildman–Crippen LogP) is 2.34. The Kier molecular flexibility index (Phi) is 8.07. The van der Waals surface area contributed by atoms with Gasteiger partial charge in [0.1, 0.15) is 0 Å². The van der Waals surface area contributed by atoms with Crippen LogP contribution in [0.4, 0.5) is 0 Å². The molecule has 4 nitrogen and oxygen atoms in total. The number of carbonyl (C=O) groups is 1. The van der Waals surface area contributed by atoms with E-state index in [4.69, 9.17) is 5.11 Å². The second-order valence-corrected chi connectivity index (χ2v) is 5.80. The molecule has 112 valence electrons. The molecule has 0 aromatic heterocycles. The minimum absolute atomic E-state index is 0.265. The molecule has 0 saturated carbocycles. The van der Waals surface area contributed by atoms with Crippen LogP contribution in [0.1, 0.15) is 52.4 Å². The highest BCUT2D eigenvalue weighted by atomic mass is 16.4. The van der Waals surface area contributed by atoms with Crippen molar-refractivity contribution in [2.24, 2.45) is 5.92 Å². The Morgan fingerprint density at radius 3 is 2.74 bits per heavy atom. The van der Waals surface area contributed by atoms with Crippen LogP contribution in [0.2, 0.25) is 0 Å². The van der Waals surface area contributed by atoms with Crippen LogP contribution in [-0.2, 0) is 4.79 Å². The summed E-state index contributed by atoms with van der Waals surface area (Å²) in [6, 6.07) is 0.546. The molecule has 2 atom stereocenters. The molecule has 0 bridgehead atoms. The highest BCUT2D eigenvalue weighted by molar-refractivity contribution is 5.66. The third-order valence-corrected chi connectivity index (χ3v) is 3.90. The van der Waals surface area contributed by atoms with Gasteiger partial charge in [-0.1, -0.05) is 26.7 Å². The standard InChI is InChI=1S/C15H30N2O2/c1-3-5-6-13-10-14(16-8-4-2)12-17(11-13)9-7-15(18)19/h13-14,16H,3-12H2,1-2H3,(H,18,19). The molecule has 0 spiro atoms. The Bertz CT molecular complexity index is 243. The van der Waals surface area contributed by atoms with Crippen LogP contribution in [0.3, 0.4) is 0 Å². The summed E-state index contributed by atoms with van der Waals surface area (Å²) in [5, 5.41) is 12.4. The summed E-state index contributed by atoms with van der Waals surface area (Å²) in [5.74, 6) is 0.0469. The minimum Gasteiger partial charge on any atom is -0.481 e. The van der Waals surface area contributed by atoms with Crippen molar-refractivity contribution < 1.29 is 9.90 Å². The van der Waals surface area contributed by atoms with Gasteiger partial charge < -0.3 is 15.3 Å². The van der Waals surface area contributed by atoms with Crippen molar-refractivity contribution >= 4 is 5.97 Å². The zero-order valence-corrected chi connectivity index (χ0v) is 12.5. The van der Waals surface area contributed by atoms with Gasteiger partial charge in [0.05, 0.1) is 6.42 Å². The van der Waals surface area contributed by atoms with E-state index in [1.165, 1.54) is 25.7 Å². The fourth-order valence-electron chi connectivity index (χ4n) is 2.94. The Hall–Kier alpha value is -0.610. The smallest absolute Gasteiger partial charge is 0.304 e. The zero-order chi connectivity index (χ0) is 14.1. The molecule has 0 aliphatic carbocycles. The van der Waals surface area contributed by atoms with E-state index in [0.29, 0.717) is 12.6 Å². The average Bonchev–Trinajstić information content (AvgIpc) is 2.40. The highest BCUT2D eigenvalue weighted by Crippen LogP contribution is 2.22. The topological polar surface area (TPSA) is 52.6 Å². The zero-order valence-electron chi connectivity index (χ0n) is 12.5. The maximum absolute atomic E-state index is 10.7. The number of carboxylic acid groups (broad SMARTS) is 1. The van der Waals surface area contributed by atoms with E-state index in [2.05, 4.69) is 24.1 Å². The molecule has 4 heteroatoms. The first kappa shape index (κ1) is 16.4. The summed E-state index contributed by atoms with van der Waals surface area (Å²) in [6.45, 7) is 8.28. The van der Waals surface area contributed by atoms with E-state index in [1.807, 2.05) is 0 Å². The number of likely N-dealkylation sites (tertiary alicyclic amines) is 1. The summed E-state index contributed by atoms with van der Waals surface area (Å²) in [5.41, 5.74) is 0. The monoisotopic (exact) mass is 270 g/mol. The molecular weight excluding hydrogens is 240 g/mol. The van der Waals surface area contributed by atoms with Crippen LogP contribution in [0.15, 0.2) is 0 Å². The molecule has 0 aromatic rings. The second kappa shape index (κ2) is 9.32. The molecule has 1 aliphatic heterocycles. The van der Waals surface area contributed by atoms with E-state index in [0.717, 1.165) is 32.0 Å². The van der Waals surface area contributed by atoms with Gasteiger partial charge in [0, 0.05) is 25.7 Å². The molecule has 2 N–H and O–H groups in total. The van der Waals surface area contributed by atoms with Crippen LogP contribution < -0.4 is 5.32 Å². The third kappa shape index (κ3) is 6.92. The SMILES string of the molecule is CCCCC1CC(NCCC)CN(CCC(=O)O)C1. The first-order valence-electron chi connectivity index (χ1n) is 7.83. The lowest BCUT2D eigenvalue weighted by molar-refractivity contribution is -0.137. The molecule has 0 aromatic carbocycles. The largest absolute Gasteiger partial charge is 0.481 e. The lowest BCUT2D eigenvalue weighted by Crippen LogP contribution is -2.49. The molecule has 19 heavy (non-hydrogen) atoms. The molecule has 1 heterocycles. The second-order valence-electron chi connectivity index (χ2n) is 5.80. The Labute approximate surface area is 117 Å². The minimum atomic E-state index is -0.686. The Morgan fingerprint density at radius 1 is 1.32 bits per heavy atom. The number of piperidine rings is 1. The summed E-state index contributed by atoms with van der Waals surface area (Å²) < 4.78 is 0. The highest BCUT2D eigenvalue weighted by Gasteiger charge is 2.26. The van der Waals surface area contributed by atoms with Crippen LogP contribution in [0.25, 0.3) is 0 Å². The van der Waals surface area contributed by atoms with Crippen molar-refractivity contribution in [3.05, 3.63) is 0 Å². The van der Waals surface area contributed by atoms with Crippen LogP contribution >= 0.6 is 0 Å². The molecule has 0 amide bonds. The fourth-order valence-corrected chi connectivity index (χ4v) is 2.94. The third-order valence-electron chi connectivity index (χ3n) is 3.90. The number of unbranched alkanes of at least 4 members (excludes halogenated alkanes) is 1. The molecule has 0 radical (unpaired) electrons. The van der Waals surface area contributed by atoms with Crippen molar-refractivity contribution in [2.45, 2.75) is 58.4 Å². The van der Waals surface area contributed by atoms with E-state index in [9.17, 15) is 4.79 Å². The Balaban J connectivity index is 2.43. The first-order valence-corrected chi connectivity index (χ1v) is 7.83. The summed E-state index contributed by atoms with van der Waals surface area (Å²) in [7, 11) is 0. The normalized spacial score (nSPS) is 24.5. The lowest BCUT2D eigenvalue weighted by Gasteiger charge is -2.38. The molecule has 1 saturated heterocycles. The van der Waals surface area contributed by atoms with Crippen LogP contribution in [0.5, 0.6) is 0 Å². The maximum atomic E-state index is 10.7. The van der Waals surface area contributed by atoms with Gasteiger partial charge in [0.2, 0.25) is 0 Å². The maximum Gasteiger partial charge on any atom is 0.304 e. The summed E-state index contributed by atoms with van der Waals surface area (Å²) in [6.07, 6.45) is 6.50. The van der Waals surface area contributed by atoms with Crippen LogP contribution in [0, 0.1) is 5.92 Å². The molecule has 2 unspecified atom stereocenters. The first-order chi connectivity index (χ1) is 9.15. The van der Waals surface area contributed by atoms with Gasteiger partial charge in [-0.25, -0.2) is 0 Å². The summed E-state index contributed by atoms with van der Waals surface area (Å²) >= 11 is 0. The number of carboxylic acids is 1. The molecule has 1 aliphatic rings. The van der Waals surface area contributed by atoms with E-state index < -0.39 is 5.97 Å². The van der Waals surface area contributed by atoms with Crippen molar-refractivity contribution in [2.75, 3.05) is 26.2 Å².